The van der Waals surface area contributed by atoms with Crippen LogP contribution in [0, 0.1) is 6.92 Å². The second-order valence-electron chi connectivity index (χ2n) is 6.48. The van der Waals surface area contributed by atoms with Crippen LogP contribution < -0.4 is 9.46 Å². The molecule has 0 unspecified atom stereocenters. The summed E-state index contributed by atoms with van der Waals surface area (Å²) in [6.45, 7) is 2.14. The highest BCUT2D eigenvalue weighted by Gasteiger charge is 2.34. The van der Waals surface area contributed by atoms with E-state index >= 15 is 0 Å². The van der Waals surface area contributed by atoms with Crippen molar-refractivity contribution in [1.82, 2.24) is 9.97 Å². The minimum Gasteiger partial charge on any atom is -0.471 e. The fourth-order valence-electron chi connectivity index (χ4n) is 2.30. The predicted octanol–water partition coefficient (Wildman–Crippen LogP) is 2.15. The van der Waals surface area contributed by atoms with E-state index in [2.05, 4.69) is 14.7 Å². The lowest BCUT2D eigenvalue weighted by Gasteiger charge is -2.23. The van der Waals surface area contributed by atoms with Crippen LogP contribution in [0.2, 0.25) is 0 Å². The van der Waals surface area contributed by atoms with Crippen molar-refractivity contribution in [2.45, 2.75) is 25.6 Å². The number of aliphatic hydroxyl groups is 1. The Labute approximate surface area is 164 Å². The fourth-order valence-corrected chi connectivity index (χ4v) is 2.73. The number of hydrogen-bond acceptors (Lipinski definition) is 6. The van der Waals surface area contributed by atoms with Gasteiger partial charge in [-0.05, 0) is 32.0 Å². The van der Waals surface area contributed by atoms with Crippen LogP contribution in [0.15, 0.2) is 24.4 Å². The number of nitrogens with zero attached hydrogens (tertiary/aromatic N) is 2. The van der Waals surface area contributed by atoms with E-state index in [9.17, 15) is 31.5 Å². The van der Waals surface area contributed by atoms with E-state index in [1.807, 2.05) is 0 Å². The zero-order chi connectivity index (χ0) is 22.0. The maximum atomic E-state index is 13.2. The highest BCUT2D eigenvalue weighted by molar-refractivity contribution is 7.91. The Morgan fingerprint density at radius 1 is 1.31 bits per heavy atom. The lowest BCUT2D eigenvalue weighted by molar-refractivity contribution is -0.137. The van der Waals surface area contributed by atoms with E-state index in [-0.39, 0.29) is 28.5 Å². The highest BCUT2D eigenvalue weighted by atomic mass is 32.2. The van der Waals surface area contributed by atoms with Crippen molar-refractivity contribution in [3.8, 4) is 16.9 Å². The number of nitrogens with one attached hydrogen (secondary N) is 1. The molecule has 1 atom stereocenters. The van der Waals surface area contributed by atoms with Gasteiger partial charge in [-0.15, -0.1) is 0 Å². The summed E-state index contributed by atoms with van der Waals surface area (Å²) in [6.07, 6.45) is -2.00. The summed E-state index contributed by atoms with van der Waals surface area (Å²) in [5.41, 5.74) is -2.26. The Kier molecular flexibility index (Phi) is 6.18. The van der Waals surface area contributed by atoms with Crippen LogP contribution in [-0.2, 0) is 16.2 Å². The van der Waals surface area contributed by atoms with E-state index in [1.165, 1.54) is 13.8 Å². The number of sulfonamides is 1. The van der Waals surface area contributed by atoms with Crippen molar-refractivity contribution < 1.29 is 36.2 Å². The molecule has 29 heavy (non-hydrogen) atoms. The summed E-state index contributed by atoms with van der Waals surface area (Å²) in [7, 11) is -3.64. The molecule has 0 aliphatic carbocycles. The number of aryl methyl sites for hydroxylation is 1. The summed E-state index contributed by atoms with van der Waals surface area (Å²) in [5, 5.41) is 9.40. The minimum atomic E-state index is -4.64. The van der Waals surface area contributed by atoms with Crippen molar-refractivity contribution in [1.29, 1.82) is 0 Å². The molecule has 0 bridgehead atoms. The third-order valence-corrected chi connectivity index (χ3v) is 4.34. The van der Waals surface area contributed by atoms with Gasteiger partial charge in [-0.2, -0.15) is 13.2 Å². The first kappa shape index (κ1) is 22.6. The summed E-state index contributed by atoms with van der Waals surface area (Å²) >= 11 is 0. The molecule has 2 aromatic rings. The molecule has 3 N–H and O–H groups in total. The molecular formula is C17H19F3N3O5S+. The molecule has 0 aliphatic heterocycles. The van der Waals surface area contributed by atoms with Gasteiger partial charge in [0.25, 0.3) is 0 Å². The average molecular weight is 434 g/mol. The van der Waals surface area contributed by atoms with Crippen LogP contribution >= 0.6 is 0 Å². The smallest absolute Gasteiger partial charge is 0.416 e. The summed E-state index contributed by atoms with van der Waals surface area (Å²) < 4.78 is 69.8. The number of aromatic nitrogens is 2. The third-order valence-electron chi connectivity index (χ3n) is 3.78. The minimum absolute atomic E-state index is 0.0512. The number of aliphatic hydroxyl groups excluding tert-OH is 1. The number of anilines is 1. The quantitative estimate of drug-likeness (QED) is 0.509. The maximum absolute atomic E-state index is 13.2. The standard InChI is InChI=1S/C17H18F3N3O5S/c1-10-13(7-21-15(22-10)23-29(3,26)27)12-6-11(17(18,19)20)4-5-14(12)28-16(2,8-24)9-25/h4-8,25H,9H2,1-3H3,(H,21,22,23)/p+1/t16-/m1/s1. The van der Waals surface area contributed by atoms with Crippen molar-refractivity contribution in [3.63, 3.8) is 0 Å². The van der Waals surface area contributed by atoms with Crippen molar-refractivity contribution in [2.24, 2.45) is 0 Å². The molecule has 0 saturated heterocycles. The van der Waals surface area contributed by atoms with Gasteiger partial charge >= 0.3 is 12.5 Å². The molecule has 0 amide bonds. The largest absolute Gasteiger partial charge is 0.471 e. The van der Waals surface area contributed by atoms with Gasteiger partial charge in [-0.25, -0.2) is 18.4 Å². The van der Waals surface area contributed by atoms with E-state index in [0.29, 0.717) is 6.29 Å². The Morgan fingerprint density at radius 2 is 1.97 bits per heavy atom. The summed E-state index contributed by atoms with van der Waals surface area (Å²) in [5.74, 6) is -0.317. The van der Waals surface area contributed by atoms with E-state index < -0.39 is 34.0 Å². The van der Waals surface area contributed by atoms with Crippen molar-refractivity contribution in [3.05, 3.63) is 35.7 Å². The average Bonchev–Trinajstić information content (AvgIpc) is 2.60. The zero-order valence-corrected chi connectivity index (χ0v) is 16.5. The van der Waals surface area contributed by atoms with Crippen molar-refractivity contribution >= 4 is 22.3 Å². The molecule has 2 rings (SSSR count). The summed E-state index contributed by atoms with van der Waals surface area (Å²) in [4.78, 5) is 17.1. The lowest BCUT2D eigenvalue weighted by atomic mass is 10.0. The number of hydrogen-bond donors (Lipinski definition) is 2. The van der Waals surface area contributed by atoms with Crippen LogP contribution in [0.1, 0.15) is 18.2 Å². The topological polar surface area (TPSA) is 123 Å². The molecule has 1 aromatic heterocycles. The number of halogens is 3. The molecule has 12 heteroatoms. The van der Waals surface area contributed by atoms with Crippen LogP contribution in [0.4, 0.5) is 19.1 Å². The molecule has 0 radical (unpaired) electrons. The lowest BCUT2D eigenvalue weighted by Crippen LogP contribution is -2.38. The molecule has 8 nitrogen and oxygen atoms in total. The number of ether oxygens (including phenoxy) is 1. The van der Waals surface area contributed by atoms with Crippen molar-refractivity contribution in [2.75, 3.05) is 17.6 Å². The normalized spacial score (nSPS) is 14.2. The molecule has 1 heterocycles. The number of rotatable bonds is 7. The molecule has 0 aliphatic rings. The van der Waals surface area contributed by atoms with E-state index in [0.717, 1.165) is 30.7 Å². The van der Waals surface area contributed by atoms with Gasteiger partial charge in [0.2, 0.25) is 21.6 Å². The Hall–Kier alpha value is -2.73. The highest BCUT2D eigenvalue weighted by Crippen LogP contribution is 2.39. The van der Waals surface area contributed by atoms with Gasteiger partial charge in [-0.3, -0.25) is 9.52 Å². The van der Waals surface area contributed by atoms with Crippen LogP contribution in [0.25, 0.3) is 11.1 Å². The Morgan fingerprint density at radius 3 is 2.45 bits per heavy atom. The molecule has 158 valence electrons. The molecule has 0 saturated carbocycles. The van der Waals surface area contributed by atoms with Gasteiger partial charge in [0.15, 0.2) is 0 Å². The number of benzene rings is 1. The first-order valence-corrected chi connectivity index (χ1v) is 9.98. The number of carbonyl (C=O) groups excluding carboxylic acids is 1. The van der Waals surface area contributed by atoms with Crippen LogP contribution in [0.3, 0.4) is 0 Å². The fraction of sp³-hybridized carbons (Fsp3) is 0.353. The van der Waals surface area contributed by atoms with Crippen LogP contribution in [0.5, 0.6) is 5.75 Å². The Balaban J connectivity index is 2.63. The third kappa shape index (κ3) is 5.64. The van der Waals surface area contributed by atoms with Gasteiger partial charge in [0.1, 0.15) is 5.75 Å². The van der Waals surface area contributed by atoms with Gasteiger partial charge < -0.3 is 9.84 Å². The zero-order valence-electron chi connectivity index (χ0n) is 15.6. The van der Waals surface area contributed by atoms with Gasteiger partial charge in [-0.1, -0.05) is 0 Å². The van der Waals surface area contributed by atoms with Crippen LogP contribution in [-0.4, -0.2) is 53.0 Å². The Bertz CT molecular complexity index is 1030. The second-order valence-corrected chi connectivity index (χ2v) is 8.23. The van der Waals surface area contributed by atoms with Gasteiger partial charge in [0.05, 0.1) is 24.1 Å². The van der Waals surface area contributed by atoms with E-state index in [4.69, 9.17) is 4.74 Å². The first-order valence-electron chi connectivity index (χ1n) is 8.09. The molecule has 0 fully saturated rings. The summed E-state index contributed by atoms with van der Waals surface area (Å²) in [6, 6.07) is 2.67. The molecule has 0 spiro atoms. The van der Waals surface area contributed by atoms with E-state index in [1.54, 1.807) is 0 Å². The predicted molar refractivity (Wildman–Crippen MR) is 99.8 cm³/mol. The maximum Gasteiger partial charge on any atom is 0.416 e. The molecular weight excluding hydrogens is 415 g/mol. The SMILES string of the molecule is Cc1nc(NS(C)(=O)=O)ncc1-c1cc(C(F)(F)F)ccc1O[C@](C)(C=[OH+])CO. The number of aldehydes is 1. The monoisotopic (exact) mass is 434 g/mol. The number of alkyl halides is 3. The second kappa shape index (κ2) is 7.95. The first-order chi connectivity index (χ1) is 13.3. The van der Waals surface area contributed by atoms with Gasteiger partial charge in [0, 0.05) is 17.3 Å². The molecule has 1 aromatic carbocycles.